The fraction of sp³-hybridized carbons (Fsp3) is 0.235. The summed E-state index contributed by atoms with van der Waals surface area (Å²) in [6.45, 7) is 5.34. The van der Waals surface area contributed by atoms with E-state index in [-0.39, 0.29) is 0 Å². The summed E-state index contributed by atoms with van der Waals surface area (Å²) in [5, 5.41) is 8.17. The average Bonchev–Trinajstić information content (AvgIpc) is 2.97. The van der Waals surface area contributed by atoms with Crippen molar-refractivity contribution in [3.63, 3.8) is 0 Å². The second-order valence-corrected chi connectivity index (χ2v) is 10.8. The first-order valence-corrected chi connectivity index (χ1v) is 14.3. The summed E-state index contributed by atoms with van der Waals surface area (Å²) in [4.78, 5) is 8.54. The Labute approximate surface area is 227 Å². The highest BCUT2D eigenvalue weighted by molar-refractivity contribution is 6.86. The third-order valence-electron chi connectivity index (χ3n) is 8.29. The van der Waals surface area contributed by atoms with Gasteiger partial charge >= 0.3 is 0 Å². The zero-order valence-corrected chi connectivity index (χ0v) is 22.5. The Morgan fingerprint density at radius 1 is 0.474 bits per heavy atom. The van der Waals surface area contributed by atoms with Gasteiger partial charge in [0.1, 0.15) is 0 Å². The normalized spacial score (nSPS) is 11.5. The van der Waals surface area contributed by atoms with E-state index >= 15 is 0 Å². The molecular formula is C34H34B2N2. The topological polar surface area (TPSA) is 25.8 Å². The van der Waals surface area contributed by atoms with Gasteiger partial charge in [-0.25, -0.2) is 0 Å². The van der Waals surface area contributed by atoms with E-state index in [0.717, 1.165) is 12.6 Å². The van der Waals surface area contributed by atoms with Crippen molar-refractivity contribution in [1.82, 2.24) is 9.97 Å². The van der Waals surface area contributed by atoms with E-state index in [2.05, 4.69) is 96.6 Å². The highest BCUT2D eigenvalue weighted by Gasteiger charge is 2.23. The van der Waals surface area contributed by atoms with E-state index in [4.69, 9.17) is 0 Å². The van der Waals surface area contributed by atoms with E-state index in [1.165, 1.54) is 79.9 Å². The molecule has 0 bridgehead atoms. The zero-order valence-electron chi connectivity index (χ0n) is 22.5. The van der Waals surface area contributed by atoms with Crippen molar-refractivity contribution < 1.29 is 0 Å². The van der Waals surface area contributed by atoms with Gasteiger partial charge in [0, 0.05) is 24.8 Å². The lowest BCUT2D eigenvalue weighted by molar-refractivity contribution is 0.878. The predicted octanol–water partition coefficient (Wildman–Crippen LogP) is 6.19. The molecule has 0 aliphatic carbocycles. The molecule has 0 saturated heterocycles. The minimum absolute atomic E-state index is 0.395. The Kier molecular flexibility index (Phi) is 7.14. The van der Waals surface area contributed by atoms with Crippen LogP contribution in [0.4, 0.5) is 0 Å². The minimum Gasteiger partial charge on any atom is -0.265 e. The van der Waals surface area contributed by atoms with E-state index in [1.54, 1.807) is 0 Å². The Morgan fingerprint density at radius 2 is 0.816 bits per heavy atom. The van der Waals surface area contributed by atoms with Crippen molar-refractivity contribution >= 4 is 67.6 Å². The minimum atomic E-state index is 0.395. The predicted molar refractivity (Wildman–Crippen MR) is 168 cm³/mol. The number of rotatable bonds is 10. The fourth-order valence-corrected chi connectivity index (χ4v) is 6.35. The monoisotopic (exact) mass is 492 g/mol. The van der Waals surface area contributed by atoms with E-state index in [1.807, 2.05) is 24.8 Å². The van der Waals surface area contributed by atoms with Crippen LogP contribution in [-0.2, 0) is 0 Å². The third-order valence-corrected chi connectivity index (χ3v) is 8.29. The van der Waals surface area contributed by atoms with Gasteiger partial charge in [-0.2, -0.15) is 0 Å². The molecule has 0 unspecified atom stereocenters. The first kappa shape index (κ1) is 24.7. The molecule has 186 valence electrons. The van der Waals surface area contributed by atoms with Gasteiger partial charge in [-0.05, 0) is 56.6 Å². The quantitative estimate of drug-likeness (QED) is 0.168. The van der Waals surface area contributed by atoms with E-state index in [9.17, 15) is 0 Å². The molecule has 6 aromatic rings. The van der Waals surface area contributed by atoms with Crippen LogP contribution in [-0.4, -0.2) is 23.4 Å². The van der Waals surface area contributed by atoms with Crippen LogP contribution in [0, 0.1) is 0 Å². The molecular weight excluding hydrogens is 458 g/mol. The van der Waals surface area contributed by atoms with Crippen molar-refractivity contribution in [3.8, 4) is 0 Å². The molecule has 2 aromatic heterocycles. The molecule has 0 aliphatic heterocycles. The number of aromatic nitrogens is 2. The second-order valence-electron chi connectivity index (χ2n) is 10.8. The summed E-state index contributed by atoms with van der Waals surface area (Å²) in [5.41, 5.74) is 5.54. The standard InChI is InChI=1S/C34H34B2N2/c1-3-5-15-35(29-11-17-37-18-12-29)31-21-25-7-9-27-23-32(24-28-10-8-26(22-31)33(25)34(27)28)36(16-6-4-2)30-13-19-38-20-14-30/h7-14,17-24H,3-6,15-16H2,1-2H3. The van der Waals surface area contributed by atoms with Gasteiger partial charge in [0.15, 0.2) is 0 Å². The Balaban J connectivity index is 1.48. The molecule has 2 heterocycles. The summed E-state index contributed by atoms with van der Waals surface area (Å²) < 4.78 is 0. The first-order chi connectivity index (χ1) is 18.8. The van der Waals surface area contributed by atoms with Crippen LogP contribution in [0.2, 0.25) is 12.6 Å². The smallest absolute Gasteiger partial charge is 0.209 e. The summed E-state index contributed by atoms with van der Waals surface area (Å²) in [6, 6.07) is 27.9. The lowest BCUT2D eigenvalue weighted by Crippen LogP contribution is -2.42. The summed E-state index contributed by atoms with van der Waals surface area (Å²) >= 11 is 0. The molecule has 0 amide bonds. The molecule has 4 aromatic carbocycles. The third kappa shape index (κ3) is 4.69. The fourth-order valence-electron chi connectivity index (χ4n) is 6.35. The molecule has 0 fully saturated rings. The van der Waals surface area contributed by atoms with Gasteiger partial charge in [-0.15, -0.1) is 0 Å². The molecule has 0 radical (unpaired) electrons. The molecule has 0 atom stereocenters. The number of hydrogen-bond acceptors (Lipinski definition) is 2. The van der Waals surface area contributed by atoms with Crippen LogP contribution in [0.15, 0.2) is 97.6 Å². The van der Waals surface area contributed by atoms with Gasteiger partial charge in [0.25, 0.3) is 0 Å². The maximum absolute atomic E-state index is 4.27. The molecule has 6 rings (SSSR count). The number of benzene rings is 4. The van der Waals surface area contributed by atoms with Crippen molar-refractivity contribution in [2.24, 2.45) is 0 Å². The number of nitrogens with zero attached hydrogens (tertiary/aromatic N) is 2. The van der Waals surface area contributed by atoms with Crippen LogP contribution >= 0.6 is 0 Å². The van der Waals surface area contributed by atoms with Crippen LogP contribution in [0.5, 0.6) is 0 Å². The van der Waals surface area contributed by atoms with Crippen molar-refractivity contribution in [1.29, 1.82) is 0 Å². The zero-order chi connectivity index (χ0) is 25.9. The maximum Gasteiger partial charge on any atom is 0.209 e. The molecule has 0 N–H and O–H groups in total. The van der Waals surface area contributed by atoms with Crippen molar-refractivity contribution in [2.45, 2.75) is 52.2 Å². The maximum atomic E-state index is 4.27. The van der Waals surface area contributed by atoms with Crippen LogP contribution < -0.4 is 21.9 Å². The number of unbranched alkanes of at least 4 members (excludes halogenated alkanes) is 2. The molecule has 0 saturated carbocycles. The Hall–Kier alpha value is -3.65. The SMILES string of the molecule is CCCCB(c1ccncc1)c1cc2ccc3cc(B(CCCC)c4ccncc4)cc4ccc(c1)c2c34. The van der Waals surface area contributed by atoms with Gasteiger partial charge in [0.05, 0.1) is 0 Å². The molecule has 4 heteroatoms. The molecule has 0 aliphatic rings. The summed E-state index contributed by atoms with van der Waals surface area (Å²) in [5.74, 6) is 0. The lowest BCUT2D eigenvalue weighted by atomic mass is 9.38. The number of hydrogen-bond donors (Lipinski definition) is 0. The van der Waals surface area contributed by atoms with Crippen LogP contribution in [0.25, 0.3) is 32.3 Å². The van der Waals surface area contributed by atoms with Gasteiger partial charge in [0.2, 0.25) is 13.4 Å². The molecule has 2 nitrogen and oxygen atoms in total. The van der Waals surface area contributed by atoms with Gasteiger partial charge < -0.3 is 0 Å². The second kappa shape index (κ2) is 11.0. The first-order valence-electron chi connectivity index (χ1n) is 14.3. The van der Waals surface area contributed by atoms with Crippen LogP contribution in [0.1, 0.15) is 39.5 Å². The van der Waals surface area contributed by atoms with Gasteiger partial charge in [-0.1, -0.05) is 123 Å². The van der Waals surface area contributed by atoms with Crippen molar-refractivity contribution in [3.05, 3.63) is 97.6 Å². The molecule has 0 spiro atoms. The Bertz CT molecular complexity index is 1460. The summed E-state index contributed by atoms with van der Waals surface area (Å²) in [6.07, 6.45) is 14.9. The summed E-state index contributed by atoms with van der Waals surface area (Å²) in [7, 11) is 0. The Morgan fingerprint density at radius 3 is 1.13 bits per heavy atom. The highest BCUT2D eigenvalue weighted by atomic mass is 14.6. The van der Waals surface area contributed by atoms with Crippen molar-refractivity contribution in [2.75, 3.05) is 0 Å². The largest absolute Gasteiger partial charge is 0.265 e. The van der Waals surface area contributed by atoms with E-state index in [0.29, 0.717) is 13.4 Å². The molecule has 38 heavy (non-hydrogen) atoms. The van der Waals surface area contributed by atoms with Crippen LogP contribution in [0.3, 0.4) is 0 Å². The average molecular weight is 492 g/mol. The number of pyridine rings is 2. The highest BCUT2D eigenvalue weighted by Crippen LogP contribution is 2.34. The lowest BCUT2D eigenvalue weighted by Gasteiger charge is -2.20. The van der Waals surface area contributed by atoms with E-state index < -0.39 is 0 Å². The van der Waals surface area contributed by atoms with Gasteiger partial charge in [-0.3, -0.25) is 9.97 Å².